The Kier molecular flexibility index (Phi) is 4.86. The third kappa shape index (κ3) is 3.29. The maximum atomic E-state index is 13.2. The Labute approximate surface area is 200 Å². The second kappa shape index (κ2) is 7.95. The maximum absolute atomic E-state index is 13.2. The number of benzene rings is 2. The molecule has 1 saturated heterocycles. The molecule has 4 heterocycles. The van der Waals surface area contributed by atoms with Crippen molar-refractivity contribution in [3.05, 3.63) is 71.5 Å². The first kappa shape index (κ1) is 21.4. The zero-order valence-electron chi connectivity index (χ0n) is 19.2. The van der Waals surface area contributed by atoms with Gasteiger partial charge >= 0.3 is 5.97 Å². The van der Waals surface area contributed by atoms with Crippen LogP contribution in [0.15, 0.2) is 54.9 Å². The molecular formula is C27H24N4O4. The number of aromatic amines is 1. The molecule has 2 aliphatic rings. The molecule has 2 aliphatic heterocycles. The van der Waals surface area contributed by atoms with Crippen molar-refractivity contribution in [2.24, 2.45) is 0 Å². The molecule has 0 aliphatic carbocycles. The molecular weight excluding hydrogens is 444 g/mol. The molecule has 0 spiro atoms. The van der Waals surface area contributed by atoms with Crippen molar-refractivity contribution >= 4 is 50.7 Å². The Morgan fingerprint density at radius 2 is 1.63 bits per heavy atom. The van der Waals surface area contributed by atoms with Crippen LogP contribution in [0.5, 0.6) is 0 Å². The number of para-hydroxylation sites is 2. The molecule has 0 bridgehead atoms. The minimum Gasteiger partial charge on any atom is -0.478 e. The van der Waals surface area contributed by atoms with Gasteiger partial charge in [-0.3, -0.25) is 14.9 Å². The quantitative estimate of drug-likeness (QED) is 0.396. The van der Waals surface area contributed by atoms with Crippen LogP contribution in [0.2, 0.25) is 0 Å². The molecule has 2 aromatic carbocycles. The molecule has 0 atom stereocenters. The molecule has 2 aromatic heterocycles. The zero-order chi connectivity index (χ0) is 24.3. The predicted molar refractivity (Wildman–Crippen MR) is 133 cm³/mol. The maximum Gasteiger partial charge on any atom is 0.337 e. The van der Waals surface area contributed by atoms with Gasteiger partial charge in [-0.15, -0.1) is 0 Å². The molecule has 8 heteroatoms. The molecule has 35 heavy (non-hydrogen) atoms. The van der Waals surface area contributed by atoms with E-state index in [4.69, 9.17) is 0 Å². The summed E-state index contributed by atoms with van der Waals surface area (Å²) >= 11 is 0. The number of aromatic nitrogens is 2. The first-order valence-corrected chi connectivity index (χ1v) is 11.7. The average molecular weight is 469 g/mol. The lowest BCUT2D eigenvalue weighted by molar-refractivity contribution is -0.122. The Morgan fingerprint density at radius 3 is 2.37 bits per heavy atom. The summed E-state index contributed by atoms with van der Waals surface area (Å²) < 4.78 is 2.25. The topological polar surface area (TPSA) is 107 Å². The highest BCUT2D eigenvalue weighted by atomic mass is 16.4. The predicted octanol–water partition coefficient (Wildman–Crippen LogP) is 3.65. The van der Waals surface area contributed by atoms with Gasteiger partial charge in [-0.2, -0.15) is 0 Å². The molecule has 0 saturated carbocycles. The second-order valence-corrected chi connectivity index (χ2v) is 9.27. The number of piperidine rings is 1. The van der Waals surface area contributed by atoms with Gasteiger partial charge in [0.25, 0.3) is 11.8 Å². The zero-order valence-corrected chi connectivity index (χ0v) is 19.2. The number of nitrogens with one attached hydrogen (secondary N) is 2. The number of hydrogen-bond acceptors (Lipinski definition) is 4. The van der Waals surface area contributed by atoms with Gasteiger partial charge in [0.05, 0.1) is 22.2 Å². The van der Waals surface area contributed by atoms with Crippen LogP contribution in [0.3, 0.4) is 0 Å². The van der Waals surface area contributed by atoms with Crippen LogP contribution >= 0.6 is 0 Å². The number of carboxylic acid groups (broad SMARTS) is 1. The van der Waals surface area contributed by atoms with Crippen molar-refractivity contribution in [3.8, 4) is 0 Å². The number of amides is 2. The first-order valence-electron chi connectivity index (χ1n) is 11.7. The lowest BCUT2D eigenvalue weighted by atomic mass is 9.95. The van der Waals surface area contributed by atoms with E-state index in [1.54, 1.807) is 18.3 Å². The number of H-pyrrole nitrogens is 1. The average Bonchev–Trinajstić information content (AvgIpc) is 3.52. The largest absolute Gasteiger partial charge is 0.478 e. The van der Waals surface area contributed by atoms with Gasteiger partial charge in [-0.25, -0.2) is 4.79 Å². The van der Waals surface area contributed by atoms with E-state index in [0.29, 0.717) is 33.6 Å². The SMILES string of the molecule is CN1CCC(n2cc(C3=C(c4c[nH]c5c(C(=O)O)cccc45)C(=O)NC3=O)c3ccccc32)CC1. The van der Waals surface area contributed by atoms with Crippen LogP contribution in [0, 0.1) is 0 Å². The highest BCUT2D eigenvalue weighted by molar-refractivity contribution is 6.50. The van der Waals surface area contributed by atoms with E-state index in [9.17, 15) is 19.5 Å². The first-order chi connectivity index (χ1) is 16.9. The van der Waals surface area contributed by atoms with Gasteiger partial charge in [-0.1, -0.05) is 30.3 Å². The van der Waals surface area contributed by atoms with E-state index in [0.717, 1.165) is 36.8 Å². The molecule has 0 unspecified atom stereocenters. The summed E-state index contributed by atoms with van der Waals surface area (Å²) in [6, 6.07) is 13.2. The Hall–Kier alpha value is -4.17. The van der Waals surface area contributed by atoms with Gasteiger partial charge in [0.15, 0.2) is 0 Å². The fraction of sp³-hybridized carbons (Fsp3) is 0.222. The van der Waals surface area contributed by atoms with Crippen molar-refractivity contribution in [3.63, 3.8) is 0 Å². The minimum absolute atomic E-state index is 0.111. The summed E-state index contributed by atoms with van der Waals surface area (Å²) in [4.78, 5) is 43.3. The van der Waals surface area contributed by atoms with Crippen molar-refractivity contribution < 1.29 is 19.5 Å². The third-order valence-corrected chi connectivity index (χ3v) is 7.24. The number of carboxylic acids is 1. The summed E-state index contributed by atoms with van der Waals surface area (Å²) in [5, 5.41) is 13.5. The number of fused-ring (bicyclic) bond motifs is 2. The number of hydrogen-bond donors (Lipinski definition) is 3. The molecule has 4 aromatic rings. The van der Waals surface area contributed by atoms with Crippen molar-refractivity contribution in [1.82, 2.24) is 19.8 Å². The van der Waals surface area contributed by atoms with E-state index in [2.05, 4.69) is 32.9 Å². The number of carbonyl (C=O) groups excluding carboxylic acids is 2. The molecule has 6 rings (SSSR count). The number of nitrogens with zero attached hydrogens (tertiary/aromatic N) is 2. The summed E-state index contributed by atoms with van der Waals surface area (Å²) in [5.74, 6) is -1.99. The number of aromatic carboxylic acids is 1. The van der Waals surface area contributed by atoms with Gasteiger partial charge in [0.1, 0.15) is 0 Å². The number of likely N-dealkylation sites (tertiary alicyclic amines) is 1. The van der Waals surface area contributed by atoms with Gasteiger partial charge < -0.3 is 19.6 Å². The minimum atomic E-state index is -1.06. The van der Waals surface area contributed by atoms with E-state index in [1.165, 1.54) is 6.07 Å². The van der Waals surface area contributed by atoms with Crippen LogP contribution in [0.1, 0.15) is 40.4 Å². The smallest absolute Gasteiger partial charge is 0.337 e. The van der Waals surface area contributed by atoms with E-state index < -0.39 is 17.8 Å². The van der Waals surface area contributed by atoms with Crippen LogP contribution in [-0.4, -0.2) is 57.5 Å². The summed E-state index contributed by atoms with van der Waals surface area (Å²) in [6.45, 7) is 2.00. The molecule has 176 valence electrons. The van der Waals surface area contributed by atoms with Crippen LogP contribution in [0.25, 0.3) is 33.0 Å². The Balaban J connectivity index is 1.58. The monoisotopic (exact) mass is 468 g/mol. The lowest BCUT2D eigenvalue weighted by Gasteiger charge is -2.30. The second-order valence-electron chi connectivity index (χ2n) is 9.27. The van der Waals surface area contributed by atoms with E-state index >= 15 is 0 Å². The van der Waals surface area contributed by atoms with Gasteiger partial charge in [0, 0.05) is 45.9 Å². The molecule has 2 amide bonds. The number of carbonyl (C=O) groups is 3. The number of imide groups is 1. The van der Waals surface area contributed by atoms with E-state index in [-0.39, 0.29) is 11.1 Å². The fourth-order valence-electron chi connectivity index (χ4n) is 5.49. The van der Waals surface area contributed by atoms with Crippen LogP contribution in [-0.2, 0) is 9.59 Å². The molecule has 8 nitrogen and oxygen atoms in total. The molecule has 1 fully saturated rings. The standard InChI is InChI=1S/C27H24N4O4/c1-30-11-9-15(10-12-30)31-14-20(16-5-2-3-8-21(16)31)23-22(25(32)29-26(23)33)19-13-28-24-17(19)6-4-7-18(24)27(34)35/h2-8,13-15,28H,9-12H2,1H3,(H,34,35)(H,29,32,33). The summed E-state index contributed by atoms with van der Waals surface area (Å²) in [7, 11) is 2.12. The van der Waals surface area contributed by atoms with Crippen LogP contribution in [0.4, 0.5) is 0 Å². The van der Waals surface area contributed by atoms with Crippen molar-refractivity contribution in [2.45, 2.75) is 18.9 Å². The van der Waals surface area contributed by atoms with Crippen molar-refractivity contribution in [2.75, 3.05) is 20.1 Å². The normalized spacial score (nSPS) is 17.6. The molecule has 3 N–H and O–H groups in total. The summed E-state index contributed by atoms with van der Waals surface area (Å²) in [5.41, 5.74) is 3.36. The van der Waals surface area contributed by atoms with Crippen molar-refractivity contribution in [1.29, 1.82) is 0 Å². The van der Waals surface area contributed by atoms with Crippen LogP contribution < -0.4 is 5.32 Å². The van der Waals surface area contributed by atoms with Gasteiger partial charge in [-0.05, 0) is 45.1 Å². The summed E-state index contributed by atoms with van der Waals surface area (Å²) in [6.07, 6.45) is 5.63. The fourth-order valence-corrected chi connectivity index (χ4v) is 5.49. The van der Waals surface area contributed by atoms with Gasteiger partial charge in [0.2, 0.25) is 0 Å². The Morgan fingerprint density at radius 1 is 0.943 bits per heavy atom. The van der Waals surface area contributed by atoms with E-state index in [1.807, 2.05) is 24.4 Å². The number of rotatable bonds is 4. The lowest BCUT2D eigenvalue weighted by Crippen LogP contribution is -2.31. The highest BCUT2D eigenvalue weighted by Crippen LogP contribution is 2.40. The molecule has 0 radical (unpaired) electrons. The Bertz CT molecular complexity index is 1570. The highest BCUT2D eigenvalue weighted by Gasteiger charge is 2.36. The third-order valence-electron chi connectivity index (χ3n) is 7.24.